The van der Waals surface area contributed by atoms with Crippen molar-refractivity contribution < 1.29 is 9.59 Å². The van der Waals surface area contributed by atoms with Gasteiger partial charge in [0.15, 0.2) is 0 Å². The summed E-state index contributed by atoms with van der Waals surface area (Å²) in [6.45, 7) is 4.26. The highest BCUT2D eigenvalue weighted by atomic mass is 16.2. The van der Waals surface area contributed by atoms with E-state index in [4.69, 9.17) is 0 Å². The molecule has 218 valence electrons. The van der Waals surface area contributed by atoms with Crippen LogP contribution < -0.4 is 26.8 Å². The number of carbonyl (C=O) groups is 2. The van der Waals surface area contributed by atoms with Crippen molar-refractivity contribution in [3.05, 3.63) is 102 Å². The van der Waals surface area contributed by atoms with E-state index in [2.05, 4.69) is 37.0 Å². The summed E-state index contributed by atoms with van der Waals surface area (Å²) in [5, 5.41) is 19.1. The lowest BCUT2D eigenvalue weighted by atomic mass is 9.96. The second kappa shape index (κ2) is 15.0. The number of amides is 2. The molecule has 0 saturated carbocycles. The number of nitrogens with one attached hydrogen (secondary N) is 5. The number of rotatable bonds is 12. The predicted octanol–water partition coefficient (Wildman–Crippen LogP) is 3.75. The van der Waals surface area contributed by atoms with Gasteiger partial charge < -0.3 is 16.0 Å². The zero-order chi connectivity index (χ0) is 29.0. The molecule has 5 N–H and O–H groups in total. The van der Waals surface area contributed by atoms with Crippen LogP contribution in [0.2, 0.25) is 0 Å². The minimum absolute atomic E-state index is 0.105. The summed E-state index contributed by atoms with van der Waals surface area (Å²) in [6, 6.07) is 27.3. The fourth-order valence-corrected chi connectivity index (χ4v) is 5.35. The molecule has 0 spiro atoms. The number of anilines is 1. The van der Waals surface area contributed by atoms with Gasteiger partial charge in [0, 0.05) is 49.1 Å². The molecule has 9 heteroatoms. The lowest BCUT2D eigenvalue weighted by Crippen LogP contribution is -2.25. The van der Waals surface area contributed by atoms with Crippen LogP contribution in [-0.2, 0) is 4.79 Å². The third-order valence-corrected chi connectivity index (χ3v) is 7.67. The molecule has 9 nitrogen and oxygen atoms in total. The molecule has 3 aromatic carbocycles. The van der Waals surface area contributed by atoms with Crippen LogP contribution in [0.15, 0.2) is 95.1 Å². The van der Waals surface area contributed by atoms with E-state index >= 15 is 0 Å². The van der Waals surface area contributed by atoms with Crippen LogP contribution in [0.5, 0.6) is 0 Å². The highest BCUT2D eigenvalue weighted by molar-refractivity contribution is 6.04. The van der Waals surface area contributed by atoms with Crippen molar-refractivity contribution in [2.24, 2.45) is 22.0 Å². The van der Waals surface area contributed by atoms with E-state index in [0.717, 1.165) is 67.3 Å². The van der Waals surface area contributed by atoms with Gasteiger partial charge in [0.1, 0.15) is 0 Å². The highest BCUT2D eigenvalue weighted by Crippen LogP contribution is 2.18. The number of nitrogens with zero attached hydrogens (tertiary/aromatic N) is 2. The van der Waals surface area contributed by atoms with Gasteiger partial charge in [0.2, 0.25) is 5.91 Å². The monoisotopic (exact) mass is 565 g/mol. The molecule has 2 aliphatic heterocycles. The number of hydrogen-bond acceptors (Lipinski definition) is 7. The Kier molecular flexibility index (Phi) is 10.4. The first-order valence-corrected chi connectivity index (χ1v) is 14.8. The Morgan fingerprint density at radius 1 is 0.690 bits per heavy atom. The summed E-state index contributed by atoms with van der Waals surface area (Å²) < 4.78 is 0. The molecule has 0 aliphatic carbocycles. The van der Waals surface area contributed by atoms with E-state index < -0.39 is 0 Å². The van der Waals surface area contributed by atoms with Gasteiger partial charge in [0.25, 0.3) is 5.91 Å². The molecule has 0 radical (unpaired) electrons. The lowest BCUT2D eigenvalue weighted by molar-refractivity contribution is -0.121. The van der Waals surface area contributed by atoms with Crippen molar-refractivity contribution in [2.45, 2.75) is 25.7 Å². The molecular formula is C33H39N7O2. The average molecular weight is 566 g/mol. The minimum Gasteiger partial charge on any atom is -0.385 e. The van der Waals surface area contributed by atoms with Crippen LogP contribution in [0.3, 0.4) is 0 Å². The average Bonchev–Trinajstić information content (AvgIpc) is 3.77. The molecule has 0 aromatic heterocycles. The SMILES string of the molecule is O=C(CCCNc1ccc(C(=O)NN=C(c2ccccc2)C2CCNC2)cc1)NN=C(c1ccccc1)C1CCNC1. The van der Waals surface area contributed by atoms with Gasteiger partial charge in [-0.05, 0) is 67.7 Å². The maximum atomic E-state index is 12.8. The van der Waals surface area contributed by atoms with E-state index in [9.17, 15) is 9.59 Å². The Morgan fingerprint density at radius 3 is 1.76 bits per heavy atom. The van der Waals surface area contributed by atoms with Gasteiger partial charge in [-0.3, -0.25) is 9.59 Å². The summed E-state index contributed by atoms with van der Waals surface area (Å²) in [5.41, 5.74) is 10.8. The van der Waals surface area contributed by atoms with E-state index in [1.807, 2.05) is 72.8 Å². The van der Waals surface area contributed by atoms with Gasteiger partial charge in [-0.15, -0.1) is 0 Å². The standard InChI is InChI=1S/C33H39N7O2/c41-30(37-38-31(27-17-20-34-22-27)24-8-3-1-4-9-24)12-7-19-36-29-15-13-26(14-16-29)33(42)40-39-32(28-18-21-35-23-28)25-10-5-2-6-11-25/h1-6,8-11,13-16,27-28,34-36H,7,12,17-23H2,(H,37,41)(H,40,42). The van der Waals surface area contributed by atoms with Crippen molar-refractivity contribution >= 4 is 28.9 Å². The smallest absolute Gasteiger partial charge is 0.271 e. The molecular weight excluding hydrogens is 526 g/mol. The summed E-state index contributed by atoms with van der Waals surface area (Å²) >= 11 is 0. The van der Waals surface area contributed by atoms with Gasteiger partial charge in [0.05, 0.1) is 11.4 Å². The predicted molar refractivity (Wildman–Crippen MR) is 168 cm³/mol. The van der Waals surface area contributed by atoms with Crippen LogP contribution in [0.1, 0.15) is 47.2 Å². The summed E-state index contributed by atoms with van der Waals surface area (Å²) in [4.78, 5) is 25.3. The maximum Gasteiger partial charge on any atom is 0.271 e. The number of benzene rings is 3. The molecule has 2 atom stereocenters. The van der Waals surface area contributed by atoms with Crippen molar-refractivity contribution in [1.82, 2.24) is 21.5 Å². The van der Waals surface area contributed by atoms with E-state index in [1.165, 1.54) is 0 Å². The number of hydrogen-bond donors (Lipinski definition) is 5. The molecule has 42 heavy (non-hydrogen) atoms. The van der Waals surface area contributed by atoms with Gasteiger partial charge >= 0.3 is 0 Å². The molecule has 2 amide bonds. The Morgan fingerprint density at radius 2 is 1.24 bits per heavy atom. The van der Waals surface area contributed by atoms with E-state index in [1.54, 1.807) is 12.1 Å². The Bertz CT molecular complexity index is 1360. The van der Waals surface area contributed by atoms with Gasteiger partial charge in [-0.2, -0.15) is 10.2 Å². The molecule has 5 rings (SSSR count). The Hall–Kier alpha value is -4.34. The summed E-state index contributed by atoms with van der Waals surface area (Å²) in [5.74, 6) is 0.207. The Balaban J connectivity index is 1.08. The zero-order valence-corrected chi connectivity index (χ0v) is 23.8. The second-order valence-electron chi connectivity index (χ2n) is 10.7. The van der Waals surface area contributed by atoms with Crippen LogP contribution in [0.4, 0.5) is 5.69 Å². The van der Waals surface area contributed by atoms with Crippen LogP contribution in [-0.4, -0.2) is 56.0 Å². The summed E-state index contributed by atoms with van der Waals surface area (Å²) in [6.07, 6.45) is 3.02. The highest BCUT2D eigenvalue weighted by Gasteiger charge is 2.23. The van der Waals surface area contributed by atoms with Crippen molar-refractivity contribution in [3.8, 4) is 0 Å². The molecule has 3 aromatic rings. The minimum atomic E-state index is -0.249. The normalized spacial score (nSPS) is 19.0. The number of carbonyl (C=O) groups excluding carboxylic acids is 2. The van der Waals surface area contributed by atoms with Crippen molar-refractivity contribution in [2.75, 3.05) is 38.0 Å². The molecule has 0 bridgehead atoms. The van der Waals surface area contributed by atoms with Crippen molar-refractivity contribution in [1.29, 1.82) is 0 Å². The van der Waals surface area contributed by atoms with E-state index in [0.29, 0.717) is 30.9 Å². The second-order valence-corrected chi connectivity index (χ2v) is 10.7. The molecule has 2 fully saturated rings. The quantitative estimate of drug-likeness (QED) is 0.130. The Labute approximate surface area is 247 Å². The first-order valence-electron chi connectivity index (χ1n) is 14.8. The van der Waals surface area contributed by atoms with E-state index in [-0.39, 0.29) is 17.7 Å². The molecule has 2 aliphatic rings. The maximum absolute atomic E-state index is 12.8. The van der Waals surface area contributed by atoms with Crippen LogP contribution in [0, 0.1) is 11.8 Å². The largest absolute Gasteiger partial charge is 0.385 e. The lowest BCUT2D eigenvalue weighted by Gasteiger charge is -2.13. The van der Waals surface area contributed by atoms with Crippen LogP contribution >= 0.6 is 0 Å². The number of hydrazone groups is 2. The molecule has 2 saturated heterocycles. The first kappa shape index (κ1) is 29.2. The summed E-state index contributed by atoms with van der Waals surface area (Å²) in [7, 11) is 0. The fourth-order valence-electron chi connectivity index (χ4n) is 5.35. The van der Waals surface area contributed by atoms with Gasteiger partial charge in [-0.1, -0.05) is 60.7 Å². The first-order chi connectivity index (χ1) is 20.7. The third-order valence-electron chi connectivity index (χ3n) is 7.67. The topological polar surface area (TPSA) is 119 Å². The van der Waals surface area contributed by atoms with Gasteiger partial charge in [-0.25, -0.2) is 10.9 Å². The van der Waals surface area contributed by atoms with Crippen molar-refractivity contribution in [3.63, 3.8) is 0 Å². The molecule has 2 heterocycles. The zero-order valence-electron chi connectivity index (χ0n) is 23.8. The van der Waals surface area contributed by atoms with Crippen LogP contribution in [0.25, 0.3) is 0 Å². The fraction of sp³-hybridized carbons (Fsp3) is 0.333. The molecule has 2 unspecified atom stereocenters. The third kappa shape index (κ3) is 8.11.